The second-order valence-corrected chi connectivity index (χ2v) is 6.11. The first-order valence-corrected chi connectivity index (χ1v) is 7.90. The maximum atomic E-state index is 12.4. The number of para-hydroxylation sites is 2. The molecular formula is C19H21N3O. The predicted molar refractivity (Wildman–Crippen MR) is 92.5 cm³/mol. The minimum absolute atomic E-state index is 0.0896. The molecule has 118 valence electrons. The first-order valence-electron chi connectivity index (χ1n) is 7.90. The highest BCUT2D eigenvalue weighted by Crippen LogP contribution is 2.17. The lowest BCUT2D eigenvalue weighted by Crippen LogP contribution is -2.27. The number of amides is 1. The van der Waals surface area contributed by atoms with Crippen LogP contribution in [0.4, 0.5) is 0 Å². The van der Waals surface area contributed by atoms with Crippen LogP contribution in [0.15, 0.2) is 48.5 Å². The van der Waals surface area contributed by atoms with Crippen molar-refractivity contribution in [1.82, 2.24) is 15.3 Å². The molecule has 0 bridgehead atoms. The molecule has 1 amide bonds. The molecule has 2 aromatic carbocycles. The molecule has 0 fully saturated rings. The van der Waals surface area contributed by atoms with E-state index in [0.717, 1.165) is 16.9 Å². The number of carbonyl (C=O) groups is 1. The van der Waals surface area contributed by atoms with Crippen LogP contribution >= 0.6 is 0 Å². The van der Waals surface area contributed by atoms with Crippen LogP contribution in [0.5, 0.6) is 0 Å². The molecule has 0 aliphatic heterocycles. The van der Waals surface area contributed by atoms with Gasteiger partial charge in [-0.3, -0.25) is 4.79 Å². The molecule has 0 spiro atoms. The van der Waals surface area contributed by atoms with Crippen molar-refractivity contribution < 1.29 is 4.79 Å². The van der Waals surface area contributed by atoms with Gasteiger partial charge in [-0.25, -0.2) is 4.98 Å². The molecule has 0 aliphatic rings. The minimum Gasteiger partial charge on any atom is -0.342 e. The number of imidazole rings is 1. The van der Waals surface area contributed by atoms with Crippen LogP contribution in [0.3, 0.4) is 0 Å². The Labute approximate surface area is 136 Å². The van der Waals surface area contributed by atoms with E-state index in [0.29, 0.717) is 11.5 Å². The Balaban J connectivity index is 1.73. The smallest absolute Gasteiger partial charge is 0.251 e. The monoisotopic (exact) mass is 307 g/mol. The van der Waals surface area contributed by atoms with Gasteiger partial charge in [-0.1, -0.05) is 38.1 Å². The number of carbonyl (C=O) groups excluding carboxylic acids is 1. The summed E-state index contributed by atoms with van der Waals surface area (Å²) < 4.78 is 0. The van der Waals surface area contributed by atoms with E-state index >= 15 is 0 Å². The molecule has 1 unspecified atom stereocenters. The molecule has 3 rings (SSSR count). The molecule has 23 heavy (non-hydrogen) atoms. The molecule has 0 saturated carbocycles. The molecule has 0 radical (unpaired) electrons. The minimum atomic E-state index is -0.181. The summed E-state index contributed by atoms with van der Waals surface area (Å²) in [5.74, 6) is 1.13. The summed E-state index contributed by atoms with van der Waals surface area (Å²) in [5, 5.41) is 2.99. The van der Waals surface area contributed by atoms with E-state index in [-0.39, 0.29) is 11.9 Å². The van der Waals surface area contributed by atoms with Gasteiger partial charge in [-0.05, 0) is 42.7 Å². The van der Waals surface area contributed by atoms with Gasteiger partial charge in [0, 0.05) is 5.56 Å². The summed E-state index contributed by atoms with van der Waals surface area (Å²) in [4.78, 5) is 20.1. The summed E-state index contributed by atoms with van der Waals surface area (Å²) >= 11 is 0. The number of nitrogens with zero attached hydrogens (tertiary/aromatic N) is 1. The van der Waals surface area contributed by atoms with Gasteiger partial charge >= 0.3 is 0 Å². The topological polar surface area (TPSA) is 57.8 Å². The van der Waals surface area contributed by atoms with E-state index in [1.165, 1.54) is 5.56 Å². The molecule has 4 heteroatoms. The zero-order valence-corrected chi connectivity index (χ0v) is 13.6. The van der Waals surface area contributed by atoms with Gasteiger partial charge in [0.2, 0.25) is 0 Å². The number of nitrogens with one attached hydrogen (secondary N) is 2. The Morgan fingerprint density at radius 2 is 1.74 bits per heavy atom. The lowest BCUT2D eigenvalue weighted by molar-refractivity contribution is 0.0938. The highest BCUT2D eigenvalue weighted by Gasteiger charge is 2.14. The Hall–Kier alpha value is -2.62. The quantitative estimate of drug-likeness (QED) is 0.759. The van der Waals surface area contributed by atoms with E-state index < -0.39 is 0 Å². The van der Waals surface area contributed by atoms with Gasteiger partial charge in [0.1, 0.15) is 5.82 Å². The predicted octanol–water partition coefficient (Wildman–Crippen LogP) is 4.18. The van der Waals surface area contributed by atoms with Gasteiger partial charge in [-0.15, -0.1) is 0 Å². The Kier molecular flexibility index (Phi) is 4.15. The van der Waals surface area contributed by atoms with E-state index in [2.05, 4.69) is 29.1 Å². The first-order chi connectivity index (χ1) is 11.0. The summed E-state index contributed by atoms with van der Waals surface area (Å²) in [6, 6.07) is 15.4. The zero-order valence-electron chi connectivity index (χ0n) is 13.6. The maximum absolute atomic E-state index is 12.4. The number of fused-ring (bicyclic) bond motifs is 1. The normalized spacial score (nSPS) is 12.5. The molecule has 1 atom stereocenters. The van der Waals surface area contributed by atoms with Crippen molar-refractivity contribution in [1.29, 1.82) is 0 Å². The van der Waals surface area contributed by atoms with E-state index in [1.807, 2.05) is 55.5 Å². The first kappa shape index (κ1) is 15.3. The Morgan fingerprint density at radius 1 is 1.04 bits per heavy atom. The summed E-state index contributed by atoms with van der Waals surface area (Å²) in [6.07, 6.45) is 0. The molecule has 1 aromatic heterocycles. The SMILES string of the molecule is CC(C)c1ccc(C(=O)NC(C)c2nc3ccccc3[nH]2)cc1. The van der Waals surface area contributed by atoms with Gasteiger partial charge in [0.05, 0.1) is 17.1 Å². The number of benzene rings is 2. The number of hydrogen-bond donors (Lipinski definition) is 2. The lowest BCUT2D eigenvalue weighted by Gasteiger charge is -2.12. The molecular weight excluding hydrogens is 286 g/mol. The third-order valence-corrected chi connectivity index (χ3v) is 4.00. The molecule has 3 aromatic rings. The molecule has 0 saturated heterocycles. The summed E-state index contributed by atoms with van der Waals surface area (Å²) in [6.45, 7) is 6.20. The van der Waals surface area contributed by atoms with Gasteiger partial charge in [0.25, 0.3) is 5.91 Å². The van der Waals surface area contributed by atoms with Crippen LogP contribution in [0.2, 0.25) is 0 Å². The third-order valence-electron chi connectivity index (χ3n) is 4.00. The summed E-state index contributed by atoms with van der Waals surface area (Å²) in [7, 11) is 0. The molecule has 2 N–H and O–H groups in total. The largest absolute Gasteiger partial charge is 0.342 e. The van der Waals surface area contributed by atoms with Crippen LogP contribution in [0, 0.1) is 0 Å². The fraction of sp³-hybridized carbons (Fsp3) is 0.263. The maximum Gasteiger partial charge on any atom is 0.251 e. The van der Waals surface area contributed by atoms with Crippen molar-refractivity contribution in [2.75, 3.05) is 0 Å². The molecule has 4 nitrogen and oxygen atoms in total. The van der Waals surface area contributed by atoms with Crippen molar-refractivity contribution in [3.05, 3.63) is 65.5 Å². The van der Waals surface area contributed by atoms with E-state index in [4.69, 9.17) is 0 Å². The average Bonchev–Trinajstić information content (AvgIpc) is 2.99. The fourth-order valence-corrected chi connectivity index (χ4v) is 2.55. The fourth-order valence-electron chi connectivity index (χ4n) is 2.55. The highest BCUT2D eigenvalue weighted by molar-refractivity contribution is 5.94. The van der Waals surface area contributed by atoms with Gasteiger partial charge < -0.3 is 10.3 Å². The average molecular weight is 307 g/mol. The van der Waals surface area contributed by atoms with Crippen LogP contribution in [0.25, 0.3) is 11.0 Å². The third kappa shape index (κ3) is 3.26. The second kappa shape index (κ2) is 6.24. The van der Waals surface area contributed by atoms with Crippen LogP contribution in [0.1, 0.15) is 54.5 Å². The zero-order chi connectivity index (χ0) is 16.4. The standard InChI is InChI=1S/C19H21N3O/c1-12(2)14-8-10-15(11-9-14)19(23)20-13(3)18-21-16-6-4-5-7-17(16)22-18/h4-13H,1-3H3,(H,20,23)(H,21,22). The van der Waals surface area contributed by atoms with Crippen LogP contribution in [-0.2, 0) is 0 Å². The van der Waals surface area contributed by atoms with Gasteiger partial charge in [-0.2, -0.15) is 0 Å². The summed E-state index contributed by atoms with van der Waals surface area (Å²) in [5.41, 5.74) is 3.78. The van der Waals surface area contributed by atoms with Crippen molar-refractivity contribution in [3.63, 3.8) is 0 Å². The number of rotatable bonds is 4. The second-order valence-electron chi connectivity index (χ2n) is 6.11. The number of hydrogen-bond acceptors (Lipinski definition) is 2. The van der Waals surface area contributed by atoms with Crippen molar-refractivity contribution in [2.24, 2.45) is 0 Å². The molecule has 1 heterocycles. The van der Waals surface area contributed by atoms with Crippen molar-refractivity contribution >= 4 is 16.9 Å². The van der Waals surface area contributed by atoms with Crippen molar-refractivity contribution in [3.8, 4) is 0 Å². The van der Waals surface area contributed by atoms with Crippen molar-refractivity contribution in [2.45, 2.75) is 32.7 Å². The van der Waals surface area contributed by atoms with E-state index in [1.54, 1.807) is 0 Å². The number of H-pyrrole nitrogens is 1. The Morgan fingerprint density at radius 3 is 2.39 bits per heavy atom. The van der Waals surface area contributed by atoms with Gasteiger partial charge in [0.15, 0.2) is 0 Å². The number of aromatic amines is 1. The van der Waals surface area contributed by atoms with Crippen LogP contribution in [-0.4, -0.2) is 15.9 Å². The Bertz CT molecular complexity index is 785. The number of aromatic nitrogens is 2. The lowest BCUT2D eigenvalue weighted by atomic mass is 10.0. The van der Waals surface area contributed by atoms with E-state index in [9.17, 15) is 4.79 Å². The van der Waals surface area contributed by atoms with Crippen LogP contribution < -0.4 is 5.32 Å². The molecule has 0 aliphatic carbocycles. The highest BCUT2D eigenvalue weighted by atomic mass is 16.1.